The average molecular weight is 236 g/mol. The highest BCUT2D eigenvalue weighted by Crippen LogP contribution is 2.19. The first-order valence-corrected chi connectivity index (χ1v) is 5.88. The Morgan fingerprint density at radius 2 is 2.24 bits per heavy atom. The van der Waals surface area contributed by atoms with Crippen molar-refractivity contribution in [2.75, 3.05) is 6.54 Å². The van der Waals surface area contributed by atoms with Gasteiger partial charge < -0.3 is 16.2 Å². The lowest BCUT2D eigenvalue weighted by Gasteiger charge is -2.13. The number of hydrogen-bond acceptors (Lipinski definition) is 3. The summed E-state index contributed by atoms with van der Waals surface area (Å²) in [6.07, 6.45) is 1.89. The highest BCUT2D eigenvalue weighted by Gasteiger charge is 2.11. The molecule has 0 heterocycles. The molecule has 0 aliphatic carbocycles. The minimum atomic E-state index is -0.190. The third-order valence-electron chi connectivity index (χ3n) is 2.73. The molecule has 0 saturated carbocycles. The first-order valence-electron chi connectivity index (χ1n) is 5.88. The van der Waals surface area contributed by atoms with Gasteiger partial charge in [0.1, 0.15) is 5.75 Å². The van der Waals surface area contributed by atoms with Gasteiger partial charge in [-0.1, -0.05) is 19.4 Å². The van der Waals surface area contributed by atoms with Crippen LogP contribution in [0.5, 0.6) is 5.75 Å². The minimum absolute atomic E-state index is 0.0124. The second kappa shape index (κ2) is 6.25. The maximum Gasteiger partial charge on any atom is 0.251 e. The molecule has 1 amide bonds. The standard InChI is InChI=1S/C13H20N2O2/c1-3-5-10(14)8-15-13(17)11-6-4-7-12(16)9(11)2/h4,6-7,10,16H,3,5,8,14H2,1-2H3,(H,15,17). The van der Waals surface area contributed by atoms with Gasteiger partial charge in [-0.3, -0.25) is 4.79 Å². The monoisotopic (exact) mass is 236 g/mol. The fourth-order valence-electron chi connectivity index (χ4n) is 1.66. The van der Waals surface area contributed by atoms with Gasteiger partial charge >= 0.3 is 0 Å². The summed E-state index contributed by atoms with van der Waals surface area (Å²) in [5.74, 6) is -0.0551. The highest BCUT2D eigenvalue weighted by atomic mass is 16.3. The van der Waals surface area contributed by atoms with Gasteiger partial charge in [0.05, 0.1) is 0 Å². The van der Waals surface area contributed by atoms with E-state index in [-0.39, 0.29) is 17.7 Å². The van der Waals surface area contributed by atoms with E-state index < -0.39 is 0 Å². The lowest BCUT2D eigenvalue weighted by atomic mass is 10.1. The van der Waals surface area contributed by atoms with Crippen molar-refractivity contribution in [1.29, 1.82) is 0 Å². The van der Waals surface area contributed by atoms with Gasteiger partial charge in [0.2, 0.25) is 0 Å². The van der Waals surface area contributed by atoms with Crippen molar-refractivity contribution in [3.05, 3.63) is 29.3 Å². The van der Waals surface area contributed by atoms with Gasteiger partial charge in [-0.2, -0.15) is 0 Å². The predicted molar refractivity (Wildman–Crippen MR) is 68.1 cm³/mol. The molecular weight excluding hydrogens is 216 g/mol. The molecule has 1 aromatic rings. The smallest absolute Gasteiger partial charge is 0.251 e. The van der Waals surface area contributed by atoms with Crippen molar-refractivity contribution < 1.29 is 9.90 Å². The van der Waals surface area contributed by atoms with E-state index in [1.807, 2.05) is 0 Å². The number of benzene rings is 1. The van der Waals surface area contributed by atoms with Gasteiger partial charge in [0.15, 0.2) is 0 Å². The van der Waals surface area contributed by atoms with Crippen LogP contribution in [0.2, 0.25) is 0 Å². The Bertz CT molecular complexity index is 391. The molecule has 0 aromatic heterocycles. The minimum Gasteiger partial charge on any atom is -0.508 e. The zero-order chi connectivity index (χ0) is 12.8. The first kappa shape index (κ1) is 13.5. The molecule has 4 N–H and O–H groups in total. The van der Waals surface area contributed by atoms with Gasteiger partial charge in [0, 0.05) is 23.7 Å². The van der Waals surface area contributed by atoms with Crippen LogP contribution in [0.3, 0.4) is 0 Å². The second-order valence-electron chi connectivity index (χ2n) is 4.21. The number of rotatable bonds is 5. The van der Waals surface area contributed by atoms with Gasteiger partial charge in [0.25, 0.3) is 5.91 Å². The normalized spacial score (nSPS) is 12.2. The maximum atomic E-state index is 11.8. The third-order valence-corrected chi connectivity index (χ3v) is 2.73. The summed E-state index contributed by atoms with van der Waals surface area (Å²) >= 11 is 0. The van der Waals surface area contributed by atoms with Crippen LogP contribution >= 0.6 is 0 Å². The van der Waals surface area contributed by atoms with E-state index in [1.165, 1.54) is 0 Å². The Morgan fingerprint density at radius 1 is 1.53 bits per heavy atom. The van der Waals surface area contributed by atoms with E-state index in [4.69, 9.17) is 5.73 Å². The van der Waals surface area contributed by atoms with Crippen LogP contribution in [0, 0.1) is 6.92 Å². The Hall–Kier alpha value is -1.55. The summed E-state index contributed by atoms with van der Waals surface area (Å²) in [5, 5.41) is 12.3. The van der Waals surface area contributed by atoms with E-state index in [1.54, 1.807) is 25.1 Å². The van der Waals surface area contributed by atoms with Crippen LogP contribution in [0.25, 0.3) is 0 Å². The van der Waals surface area contributed by atoms with Crippen molar-refractivity contribution in [2.45, 2.75) is 32.7 Å². The SMILES string of the molecule is CCCC(N)CNC(=O)c1cccc(O)c1C. The molecule has 0 radical (unpaired) electrons. The summed E-state index contributed by atoms with van der Waals surface area (Å²) < 4.78 is 0. The van der Waals surface area contributed by atoms with Crippen LogP contribution < -0.4 is 11.1 Å². The summed E-state index contributed by atoms with van der Waals surface area (Å²) in [4.78, 5) is 11.8. The fourth-order valence-corrected chi connectivity index (χ4v) is 1.66. The van der Waals surface area contributed by atoms with E-state index in [0.29, 0.717) is 17.7 Å². The molecule has 1 aromatic carbocycles. The molecule has 0 saturated heterocycles. The predicted octanol–water partition coefficient (Wildman–Crippen LogP) is 1.56. The van der Waals surface area contributed by atoms with E-state index in [2.05, 4.69) is 12.2 Å². The van der Waals surface area contributed by atoms with E-state index >= 15 is 0 Å². The molecule has 0 aliphatic rings. The summed E-state index contributed by atoms with van der Waals surface area (Å²) in [7, 11) is 0. The number of phenolic OH excluding ortho intramolecular Hbond substituents is 1. The van der Waals surface area contributed by atoms with Crippen LogP contribution in [0.1, 0.15) is 35.7 Å². The Labute approximate surface area is 102 Å². The molecule has 0 bridgehead atoms. The number of phenols is 1. The van der Waals surface area contributed by atoms with Crippen LogP contribution in [0.4, 0.5) is 0 Å². The molecule has 0 aliphatic heterocycles. The molecule has 1 rings (SSSR count). The molecule has 1 atom stereocenters. The van der Waals surface area contributed by atoms with Crippen molar-refractivity contribution in [2.24, 2.45) is 5.73 Å². The maximum absolute atomic E-state index is 11.8. The van der Waals surface area contributed by atoms with Crippen LogP contribution in [-0.2, 0) is 0 Å². The molecule has 4 nitrogen and oxygen atoms in total. The number of nitrogens with two attached hydrogens (primary N) is 1. The number of carbonyl (C=O) groups excluding carboxylic acids is 1. The number of amides is 1. The Morgan fingerprint density at radius 3 is 2.88 bits per heavy atom. The molecule has 94 valence electrons. The quantitative estimate of drug-likeness (QED) is 0.726. The van der Waals surface area contributed by atoms with E-state index in [0.717, 1.165) is 12.8 Å². The average Bonchev–Trinajstić information content (AvgIpc) is 2.30. The highest BCUT2D eigenvalue weighted by molar-refractivity contribution is 5.96. The Kier molecular flexibility index (Phi) is 4.97. The summed E-state index contributed by atoms with van der Waals surface area (Å²) in [6, 6.07) is 4.90. The van der Waals surface area contributed by atoms with E-state index in [9.17, 15) is 9.90 Å². The lowest BCUT2D eigenvalue weighted by molar-refractivity contribution is 0.0949. The molecule has 4 heteroatoms. The molecule has 1 unspecified atom stereocenters. The van der Waals surface area contributed by atoms with Crippen LogP contribution in [0.15, 0.2) is 18.2 Å². The lowest BCUT2D eigenvalue weighted by Crippen LogP contribution is -2.37. The third kappa shape index (κ3) is 3.75. The largest absolute Gasteiger partial charge is 0.508 e. The number of aromatic hydroxyl groups is 1. The topological polar surface area (TPSA) is 75.3 Å². The zero-order valence-electron chi connectivity index (χ0n) is 10.4. The number of hydrogen-bond donors (Lipinski definition) is 3. The fraction of sp³-hybridized carbons (Fsp3) is 0.462. The van der Waals surface area contributed by atoms with Crippen molar-refractivity contribution in [3.63, 3.8) is 0 Å². The van der Waals surface area contributed by atoms with Crippen molar-refractivity contribution in [1.82, 2.24) is 5.32 Å². The first-order chi connectivity index (χ1) is 8.06. The summed E-state index contributed by atoms with van der Waals surface area (Å²) in [6.45, 7) is 4.24. The van der Waals surface area contributed by atoms with Crippen molar-refractivity contribution in [3.8, 4) is 5.75 Å². The molecular formula is C13H20N2O2. The molecule has 17 heavy (non-hydrogen) atoms. The van der Waals surface area contributed by atoms with Crippen molar-refractivity contribution >= 4 is 5.91 Å². The molecule has 0 spiro atoms. The number of carbonyl (C=O) groups is 1. The van der Waals surface area contributed by atoms with Crippen LogP contribution in [-0.4, -0.2) is 23.6 Å². The number of nitrogens with one attached hydrogen (secondary N) is 1. The summed E-state index contributed by atoms with van der Waals surface area (Å²) in [5.41, 5.74) is 6.90. The second-order valence-corrected chi connectivity index (χ2v) is 4.21. The molecule has 0 fully saturated rings. The van der Waals surface area contributed by atoms with Gasteiger partial charge in [-0.05, 0) is 25.5 Å². The zero-order valence-corrected chi connectivity index (χ0v) is 10.4. The Balaban J connectivity index is 2.61. The van der Waals surface area contributed by atoms with Gasteiger partial charge in [-0.25, -0.2) is 0 Å². The van der Waals surface area contributed by atoms with Gasteiger partial charge in [-0.15, -0.1) is 0 Å².